The quantitative estimate of drug-likeness (QED) is 0.288. The first-order chi connectivity index (χ1) is 15.6. The third kappa shape index (κ3) is 7.59. The summed E-state index contributed by atoms with van der Waals surface area (Å²) in [5.41, 5.74) is 1.70. The molecule has 0 fully saturated rings. The van der Waals surface area contributed by atoms with Gasteiger partial charge in [-0.15, -0.1) is 0 Å². The normalized spacial score (nSPS) is 12.2. The van der Waals surface area contributed by atoms with Crippen LogP contribution in [0.25, 0.3) is 6.08 Å². The monoisotopic (exact) mass is 454 g/mol. The number of rotatable bonds is 11. The molecule has 1 atom stereocenters. The van der Waals surface area contributed by atoms with E-state index in [9.17, 15) is 19.7 Å². The van der Waals surface area contributed by atoms with Crippen LogP contribution in [0.1, 0.15) is 45.4 Å². The molecule has 0 saturated heterocycles. The highest BCUT2D eigenvalue weighted by Gasteiger charge is 2.24. The van der Waals surface area contributed by atoms with Gasteiger partial charge in [0.1, 0.15) is 6.54 Å². The molecule has 0 aliphatic heterocycles. The standard InChI is InChI=1S/C25H34N4O4/c1-6-20(4)28(24(30)14-11-21-9-12-22(13-10-21)29(32)33)18-25(31)27(16-19(2)3)17-23-8-7-15-26(23)5/h7-15,19-20H,6,16-18H2,1-5H3. The van der Waals surface area contributed by atoms with E-state index in [2.05, 4.69) is 13.8 Å². The predicted molar refractivity (Wildman–Crippen MR) is 129 cm³/mol. The van der Waals surface area contributed by atoms with Gasteiger partial charge in [-0.3, -0.25) is 19.7 Å². The number of hydrogen-bond donors (Lipinski definition) is 0. The van der Waals surface area contributed by atoms with Crippen molar-refractivity contribution >= 4 is 23.6 Å². The van der Waals surface area contributed by atoms with E-state index >= 15 is 0 Å². The highest BCUT2D eigenvalue weighted by atomic mass is 16.6. The summed E-state index contributed by atoms with van der Waals surface area (Å²) in [6.07, 6.45) is 5.70. The molecule has 8 heteroatoms. The average molecular weight is 455 g/mol. The molecule has 33 heavy (non-hydrogen) atoms. The van der Waals surface area contributed by atoms with Gasteiger partial charge in [-0.05, 0) is 55.2 Å². The maximum absolute atomic E-state index is 13.3. The van der Waals surface area contributed by atoms with Gasteiger partial charge in [-0.2, -0.15) is 0 Å². The van der Waals surface area contributed by atoms with Crippen LogP contribution in [-0.2, 0) is 23.2 Å². The number of aromatic nitrogens is 1. The first-order valence-corrected chi connectivity index (χ1v) is 11.2. The Bertz CT molecular complexity index is 979. The van der Waals surface area contributed by atoms with Crippen molar-refractivity contribution in [1.82, 2.24) is 14.4 Å². The molecule has 1 aromatic heterocycles. The summed E-state index contributed by atoms with van der Waals surface area (Å²) in [5.74, 6) is -0.0642. The zero-order valence-electron chi connectivity index (χ0n) is 20.1. The van der Waals surface area contributed by atoms with Crippen LogP contribution in [0.3, 0.4) is 0 Å². The van der Waals surface area contributed by atoms with Gasteiger partial charge in [0.05, 0.1) is 11.5 Å². The molecule has 1 unspecified atom stereocenters. The van der Waals surface area contributed by atoms with Gasteiger partial charge in [0, 0.05) is 49.7 Å². The Labute approximate surface area is 195 Å². The van der Waals surface area contributed by atoms with Crippen LogP contribution in [0.5, 0.6) is 0 Å². The van der Waals surface area contributed by atoms with Gasteiger partial charge < -0.3 is 14.4 Å². The number of non-ortho nitro benzene ring substituents is 1. The van der Waals surface area contributed by atoms with Gasteiger partial charge >= 0.3 is 0 Å². The van der Waals surface area contributed by atoms with Gasteiger partial charge in [0.2, 0.25) is 11.8 Å². The van der Waals surface area contributed by atoms with Crippen LogP contribution in [0.2, 0.25) is 0 Å². The van der Waals surface area contributed by atoms with Gasteiger partial charge in [-0.1, -0.05) is 20.8 Å². The molecule has 0 N–H and O–H groups in total. The summed E-state index contributed by atoms with van der Waals surface area (Å²) in [7, 11) is 1.95. The number of hydrogen-bond acceptors (Lipinski definition) is 4. The minimum Gasteiger partial charge on any atom is -0.353 e. The lowest BCUT2D eigenvalue weighted by atomic mass is 10.1. The molecule has 0 saturated carbocycles. The van der Waals surface area contributed by atoms with E-state index in [4.69, 9.17) is 0 Å². The molecule has 0 spiro atoms. The summed E-state index contributed by atoms with van der Waals surface area (Å²) in [4.78, 5) is 40.0. The summed E-state index contributed by atoms with van der Waals surface area (Å²) < 4.78 is 1.99. The SMILES string of the molecule is CCC(C)N(CC(=O)N(Cc1cccn1C)CC(C)C)C(=O)C=Cc1ccc([N+](=O)[O-])cc1. The number of benzene rings is 1. The first-order valence-electron chi connectivity index (χ1n) is 11.2. The second-order valence-corrected chi connectivity index (χ2v) is 8.68. The fraction of sp³-hybridized carbons (Fsp3) is 0.440. The van der Waals surface area contributed by atoms with E-state index in [-0.39, 0.29) is 30.1 Å². The molecule has 178 valence electrons. The van der Waals surface area contributed by atoms with Crippen LogP contribution in [-0.4, -0.2) is 50.2 Å². The van der Waals surface area contributed by atoms with Crippen molar-refractivity contribution in [2.75, 3.05) is 13.1 Å². The maximum Gasteiger partial charge on any atom is 0.269 e. The van der Waals surface area contributed by atoms with Gasteiger partial charge in [-0.25, -0.2) is 0 Å². The van der Waals surface area contributed by atoms with Crippen molar-refractivity contribution in [1.29, 1.82) is 0 Å². The highest BCUT2D eigenvalue weighted by Crippen LogP contribution is 2.15. The van der Waals surface area contributed by atoms with Crippen molar-refractivity contribution in [2.45, 2.75) is 46.7 Å². The molecule has 2 amide bonds. The Balaban J connectivity index is 2.16. The van der Waals surface area contributed by atoms with Crippen molar-refractivity contribution in [3.05, 3.63) is 70.0 Å². The van der Waals surface area contributed by atoms with Crippen LogP contribution in [0, 0.1) is 16.0 Å². The number of carbonyl (C=O) groups excluding carboxylic acids is 2. The van der Waals surface area contributed by atoms with E-state index in [1.165, 1.54) is 18.2 Å². The predicted octanol–water partition coefficient (Wildman–Crippen LogP) is 4.26. The first kappa shape index (κ1) is 25.8. The van der Waals surface area contributed by atoms with E-state index in [1.807, 2.05) is 48.7 Å². The molecule has 0 radical (unpaired) electrons. The fourth-order valence-corrected chi connectivity index (χ4v) is 3.44. The van der Waals surface area contributed by atoms with Gasteiger partial charge in [0.25, 0.3) is 5.69 Å². The largest absolute Gasteiger partial charge is 0.353 e. The number of nitro benzene ring substituents is 1. The zero-order valence-corrected chi connectivity index (χ0v) is 20.1. The molecule has 8 nitrogen and oxygen atoms in total. The second kappa shape index (κ2) is 12.0. The molecule has 0 aliphatic rings. The molecular weight excluding hydrogens is 420 g/mol. The van der Waals surface area contributed by atoms with E-state index in [1.54, 1.807) is 23.1 Å². The molecular formula is C25H34N4O4. The topological polar surface area (TPSA) is 88.7 Å². The Kier molecular flexibility index (Phi) is 9.39. The Morgan fingerprint density at radius 3 is 2.33 bits per heavy atom. The second-order valence-electron chi connectivity index (χ2n) is 8.68. The smallest absolute Gasteiger partial charge is 0.269 e. The minimum absolute atomic E-state index is 0.00438. The Morgan fingerprint density at radius 1 is 1.15 bits per heavy atom. The van der Waals surface area contributed by atoms with E-state index in [0.29, 0.717) is 31.0 Å². The molecule has 1 heterocycles. The van der Waals surface area contributed by atoms with Crippen LogP contribution in [0.4, 0.5) is 5.69 Å². The van der Waals surface area contributed by atoms with Crippen LogP contribution in [0.15, 0.2) is 48.7 Å². The third-order valence-corrected chi connectivity index (χ3v) is 5.58. The molecule has 2 aromatic rings. The summed E-state index contributed by atoms with van der Waals surface area (Å²) in [5, 5.41) is 10.8. The van der Waals surface area contributed by atoms with Crippen molar-refractivity contribution in [3.63, 3.8) is 0 Å². The van der Waals surface area contributed by atoms with E-state index < -0.39 is 4.92 Å². The number of aryl methyl sites for hydroxylation is 1. The Morgan fingerprint density at radius 2 is 1.82 bits per heavy atom. The van der Waals surface area contributed by atoms with Crippen LogP contribution >= 0.6 is 0 Å². The van der Waals surface area contributed by atoms with E-state index in [0.717, 1.165) is 5.69 Å². The number of nitrogens with zero attached hydrogens (tertiary/aromatic N) is 4. The zero-order chi connectivity index (χ0) is 24.5. The minimum atomic E-state index is -0.465. The van der Waals surface area contributed by atoms with Crippen LogP contribution < -0.4 is 0 Å². The molecule has 0 bridgehead atoms. The lowest BCUT2D eigenvalue weighted by Gasteiger charge is -2.31. The van der Waals surface area contributed by atoms with Crippen molar-refractivity contribution < 1.29 is 14.5 Å². The maximum atomic E-state index is 13.3. The summed E-state index contributed by atoms with van der Waals surface area (Å²) in [6.45, 7) is 9.12. The number of carbonyl (C=O) groups is 2. The highest BCUT2D eigenvalue weighted by molar-refractivity contribution is 5.94. The van der Waals surface area contributed by atoms with Gasteiger partial charge in [0.15, 0.2) is 0 Å². The summed E-state index contributed by atoms with van der Waals surface area (Å²) >= 11 is 0. The van der Waals surface area contributed by atoms with Crippen molar-refractivity contribution in [2.24, 2.45) is 13.0 Å². The Hall–Kier alpha value is -3.42. The number of nitro groups is 1. The third-order valence-electron chi connectivity index (χ3n) is 5.58. The number of amides is 2. The average Bonchev–Trinajstić information content (AvgIpc) is 3.18. The molecule has 2 rings (SSSR count). The molecule has 1 aromatic carbocycles. The lowest BCUT2D eigenvalue weighted by molar-refractivity contribution is -0.384. The summed E-state index contributed by atoms with van der Waals surface area (Å²) in [6, 6.07) is 9.80. The lowest BCUT2D eigenvalue weighted by Crippen LogP contribution is -2.46. The van der Waals surface area contributed by atoms with Crippen molar-refractivity contribution in [3.8, 4) is 0 Å². The fourth-order valence-electron chi connectivity index (χ4n) is 3.44. The molecule has 0 aliphatic carbocycles.